The topological polar surface area (TPSA) is 36.8 Å². The summed E-state index contributed by atoms with van der Waals surface area (Å²) in [5.41, 5.74) is 1.94. The Bertz CT molecular complexity index is 654. The van der Waals surface area contributed by atoms with Gasteiger partial charge in [-0.3, -0.25) is 4.79 Å². The van der Waals surface area contributed by atoms with E-state index in [0.717, 1.165) is 42.6 Å². The second-order valence-corrected chi connectivity index (χ2v) is 6.19. The summed E-state index contributed by atoms with van der Waals surface area (Å²) in [4.78, 5) is 15.7. The summed E-state index contributed by atoms with van der Waals surface area (Å²) in [7, 11) is 0. The lowest BCUT2D eigenvalue weighted by Crippen LogP contribution is -3.15. The van der Waals surface area contributed by atoms with Crippen molar-refractivity contribution >= 4 is 28.9 Å². The maximum Gasteiger partial charge on any atom is 0.279 e. The van der Waals surface area contributed by atoms with Crippen molar-refractivity contribution in [2.75, 3.05) is 42.9 Å². The first-order valence-corrected chi connectivity index (χ1v) is 8.28. The predicted octanol–water partition coefficient (Wildman–Crippen LogP) is 1.68. The molecule has 0 unspecified atom stereocenters. The summed E-state index contributed by atoms with van der Waals surface area (Å²) in [6, 6.07) is 17.5. The molecule has 1 amide bonds. The van der Waals surface area contributed by atoms with E-state index in [1.807, 2.05) is 48.5 Å². The Hall–Kier alpha value is -2.04. The minimum absolute atomic E-state index is 0.0670. The number of halogens is 1. The number of nitrogens with zero attached hydrogens (tertiary/aromatic N) is 1. The maximum atomic E-state index is 12.1. The fourth-order valence-corrected chi connectivity index (χ4v) is 3.16. The van der Waals surface area contributed by atoms with Crippen molar-refractivity contribution in [3.63, 3.8) is 0 Å². The number of para-hydroxylation sites is 2. The highest BCUT2D eigenvalue weighted by Crippen LogP contribution is 2.24. The Labute approximate surface area is 141 Å². The minimum atomic E-state index is 0.0670. The Morgan fingerprint density at radius 2 is 1.70 bits per heavy atom. The van der Waals surface area contributed by atoms with Crippen molar-refractivity contribution in [2.24, 2.45) is 0 Å². The van der Waals surface area contributed by atoms with E-state index in [1.165, 1.54) is 4.90 Å². The van der Waals surface area contributed by atoms with E-state index in [2.05, 4.69) is 16.3 Å². The van der Waals surface area contributed by atoms with E-state index in [-0.39, 0.29) is 5.91 Å². The fraction of sp³-hybridized carbons (Fsp3) is 0.278. The van der Waals surface area contributed by atoms with Crippen LogP contribution in [-0.4, -0.2) is 38.6 Å². The Balaban J connectivity index is 1.49. The van der Waals surface area contributed by atoms with Gasteiger partial charge in [0.05, 0.1) is 36.9 Å². The Kier molecular flexibility index (Phi) is 5.16. The van der Waals surface area contributed by atoms with Gasteiger partial charge in [0, 0.05) is 5.69 Å². The van der Waals surface area contributed by atoms with E-state index >= 15 is 0 Å². The van der Waals surface area contributed by atoms with E-state index in [9.17, 15) is 4.79 Å². The molecule has 0 radical (unpaired) electrons. The maximum absolute atomic E-state index is 12.1. The van der Waals surface area contributed by atoms with Gasteiger partial charge in [-0.2, -0.15) is 0 Å². The molecule has 1 aliphatic rings. The fourth-order valence-electron chi connectivity index (χ4n) is 2.90. The second kappa shape index (κ2) is 7.49. The van der Waals surface area contributed by atoms with Crippen LogP contribution in [0.3, 0.4) is 0 Å². The molecular weight excluding hydrogens is 310 g/mol. The number of amides is 1. The number of carbonyl (C=O) groups is 1. The van der Waals surface area contributed by atoms with Crippen LogP contribution in [-0.2, 0) is 4.79 Å². The first-order valence-electron chi connectivity index (χ1n) is 7.90. The first kappa shape index (κ1) is 15.8. The number of carbonyl (C=O) groups excluding carboxylic acids is 1. The molecule has 2 aromatic rings. The first-order chi connectivity index (χ1) is 11.2. The van der Waals surface area contributed by atoms with Gasteiger partial charge in [-0.1, -0.05) is 41.9 Å². The van der Waals surface area contributed by atoms with Crippen LogP contribution in [0.2, 0.25) is 5.02 Å². The van der Waals surface area contributed by atoms with Gasteiger partial charge in [-0.05, 0) is 24.3 Å². The highest BCUT2D eigenvalue weighted by Gasteiger charge is 2.23. The van der Waals surface area contributed by atoms with Gasteiger partial charge in [0.2, 0.25) is 0 Å². The molecule has 120 valence electrons. The van der Waals surface area contributed by atoms with E-state index in [4.69, 9.17) is 11.6 Å². The van der Waals surface area contributed by atoms with Gasteiger partial charge < -0.3 is 15.1 Å². The molecule has 1 saturated heterocycles. The molecule has 0 saturated carbocycles. The summed E-state index contributed by atoms with van der Waals surface area (Å²) in [6.07, 6.45) is 0. The number of benzene rings is 2. The molecule has 4 nitrogen and oxygen atoms in total. The van der Waals surface area contributed by atoms with Crippen LogP contribution in [0.5, 0.6) is 0 Å². The van der Waals surface area contributed by atoms with Crippen LogP contribution in [0.25, 0.3) is 0 Å². The van der Waals surface area contributed by atoms with Crippen molar-refractivity contribution in [3.8, 4) is 0 Å². The second-order valence-electron chi connectivity index (χ2n) is 5.78. The van der Waals surface area contributed by atoms with Gasteiger partial charge in [0.25, 0.3) is 5.91 Å². The summed E-state index contributed by atoms with van der Waals surface area (Å²) in [5, 5.41) is 3.74. The molecule has 0 atom stereocenters. The lowest BCUT2D eigenvalue weighted by atomic mass is 10.2. The van der Waals surface area contributed by atoms with Gasteiger partial charge in [0.15, 0.2) is 6.54 Å². The lowest BCUT2D eigenvalue weighted by Gasteiger charge is -2.33. The summed E-state index contributed by atoms with van der Waals surface area (Å²) >= 11 is 6.26. The minimum Gasteiger partial charge on any atom is -0.359 e. The molecule has 0 bridgehead atoms. The third-order valence-electron chi connectivity index (χ3n) is 4.13. The molecule has 1 heterocycles. The van der Waals surface area contributed by atoms with Crippen molar-refractivity contribution in [3.05, 3.63) is 59.6 Å². The normalized spacial score (nSPS) is 15.4. The molecule has 5 heteroatoms. The number of rotatable bonds is 4. The monoisotopic (exact) mass is 330 g/mol. The number of quaternary nitrogens is 1. The number of hydrogen-bond acceptors (Lipinski definition) is 2. The van der Waals surface area contributed by atoms with Gasteiger partial charge in [-0.15, -0.1) is 0 Å². The Morgan fingerprint density at radius 1 is 1.04 bits per heavy atom. The summed E-state index contributed by atoms with van der Waals surface area (Å²) in [6.45, 7) is 4.21. The van der Waals surface area contributed by atoms with Gasteiger partial charge in [-0.25, -0.2) is 0 Å². The van der Waals surface area contributed by atoms with E-state index < -0.39 is 0 Å². The number of nitrogens with one attached hydrogen (secondary N) is 2. The summed E-state index contributed by atoms with van der Waals surface area (Å²) < 4.78 is 0. The average Bonchev–Trinajstić information content (AvgIpc) is 2.57. The van der Waals surface area contributed by atoms with Crippen LogP contribution in [0.4, 0.5) is 11.4 Å². The van der Waals surface area contributed by atoms with Crippen LogP contribution in [0, 0.1) is 0 Å². The smallest absolute Gasteiger partial charge is 0.279 e. The standard InChI is InChI=1S/C18H20ClN3O/c19-16-8-4-5-9-17(16)22-12-10-21(11-13-22)14-18(23)20-15-6-2-1-3-7-15/h1-9H,10-14H2,(H,20,23)/p+1. The molecule has 0 spiro atoms. The highest BCUT2D eigenvalue weighted by molar-refractivity contribution is 6.33. The zero-order valence-corrected chi connectivity index (χ0v) is 13.7. The zero-order chi connectivity index (χ0) is 16.1. The molecule has 2 N–H and O–H groups in total. The highest BCUT2D eigenvalue weighted by atomic mass is 35.5. The molecule has 23 heavy (non-hydrogen) atoms. The third kappa shape index (κ3) is 4.24. The number of hydrogen-bond donors (Lipinski definition) is 2. The molecular formula is C18H21ClN3O+. The number of piperazine rings is 1. The van der Waals surface area contributed by atoms with Crippen molar-refractivity contribution in [2.45, 2.75) is 0 Å². The average molecular weight is 331 g/mol. The number of anilines is 2. The molecule has 0 aromatic heterocycles. The van der Waals surface area contributed by atoms with Crippen LogP contribution < -0.4 is 15.1 Å². The molecule has 3 rings (SSSR count). The van der Waals surface area contributed by atoms with Crippen LogP contribution >= 0.6 is 11.6 Å². The van der Waals surface area contributed by atoms with Gasteiger partial charge in [0.1, 0.15) is 0 Å². The molecule has 1 aliphatic heterocycles. The van der Waals surface area contributed by atoms with Crippen molar-refractivity contribution < 1.29 is 9.69 Å². The third-order valence-corrected chi connectivity index (χ3v) is 4.45. The quantitative estimate of drug-likeness (QED) is 0.895. The SMILES string of the molecule is O=C(C[NH+]1CCN(c2ccccc2Cl)CC1)Nc1ccccc1. The largest absolute Gasteiger partial charge is 0.359 e. The van der Waals surface area contributed by atoms with Crippen molar-refractivity contribution in [1.82, 2.24) is 0 Å². The molecule has 1 fully saturated rings. The zero-order valence-electron chi connectivity index (χ0n) is 13.0. The molecule has 2 aromatic carbocycles. The van der Waals surface area contributed by atoms with Gasteiger partial charge >= 0.3 is 0 Å². The summed E-state index contributed by atoms with van der Waals surface area (Å²) in [5.74, 6) is 0.0670. The van der Waals surface area contributed by atoms with E-state index in [1.54, 1.807) is 0 Å². The lowest BCUT2D eigenvalue weighted by molar-refractivity contribution is -0.892. The van der Waals surface area contributed by atoms with E-state index in [0.29, 0.717) is 6.54 Å². The van der Waals surface area contributed by atoms with Crippen LogP contribution in [0.1, 0.15) is 0 Å². The molecule has 0 aliphatic carbocycles. The predicted molar refractivity (Wildman–Crippen MR) is 94.3 cm³/mol. The van der Waals surface area contributed by atoms with Crippen LogP contribution in [0.15, 0.2) is 54.6 Å². The van der Waals surface area contributed by atoms with Crippen molar-refractivity contribution in [1.29, 1.82) is 0 Å². The Morgan fingerprint density at radius 3 is 2.39 bits per heavy atom.